The summed E-state index contributed by atoms with van der Waals surface area (Å²) < 4.78 is 0. The largest absolute Gasteiger partial charge is 0.383 e. The van der Waals surface area contributed by atoms with E-state index in [1.54, 1.807) is 6.92 Å². The van der Waals surface area contributed by atoms with Gasteiger partial charge in [0.05, 0.1) is 5.02 Å². The van der Waals surface area contributed by atoms with Gasteiger partial charge in [0.2, 0.25) is 0 Å². The monoisotopic (exact) mass is 234 g/mol. The molecule has 0 fully saturated rings. The minimum absolute atomic E-state index is 0.123. The summed E-state index contributed by atoms with van der Waals surface area (Å²) in [4.78, 5) is 15.0. The number of carbonyl (C=O) groups excluding carboxylic acids is 1. The molecule has 0 radical (unpaired) electrons. The molecule has 1 aromatic heterocycles. The third-order valence-electron chi connectivity index (χ3n) is 2.39. The number of halogens is 1. The van der Waals surface area contributed by atoms with Crippen LogP contribution in [0.15, 0.2) is 24.4 Å². The number of hydrogen-bond acceptors (Lipinski definition) is 3. The Kier molecular flexibility index (Phi) is 2.79. The van der Waals surface area contributed by atoms with Gasteiger partial charge in [-0.1, -0.05) is 23.7 Å². The topological polar surface area (TPSA) is 56.0 Å². The molecule has 0 spiro atoms. The zero-order valence-electron chi connectivity index (χ0n) is 8.83. The van der Waals surface area contributed by atoms with Crippen LogP contribution in [-0.2, 0) is 11.2 Å². The fourth-order valence-corrected chi connectivity index (χ4v) is 1.88. The van der Waals surface area contributed by atoms with Gasteiger partial charge < -0.3 is 5.73 Å². The minimum atomic E-state index is 0.123. The molecule has 1 heterocycles. The smallest absolute Gasteiger partial charge is 0.134 e. The zero-order valence-corrected chi connectivity index (χ0v) is 9.58. The van der Waals surface area contributed by atoms with Crippen molar-refractivity contribution in [2.24, 2.45) is 0 Å². The number of carbonyl (C=O) groups is 1. The van der Waals surface area contributed by atoms with Crippen molar-refractivity contribution in [3.05, 3.63) is 35.0 Å². The Morgan fingerprint density at radius 1 is 1.44 bits per heavy atom. The van der Waals surface area contributed by atoms with Gasteiger partial charge in [0.1, 0.15) is 11.6 Å². The van der Waals surface area contributed by atoms with E-state index in [4.69, 9.17) is 17.3 Å². The maximum Gasteiger partial charge on any atom is 0.134 e. The molecule has 2 N–H and O–H groups in total. The molecule has 0 unspecified atom stereocenters. The molecule has 0 amide bonds. The van der Waals surface area contributed by atoms with Crippen molar-refractivity contribution < 1.29 is 4.79 Å². The molecule has 0 atom stereocenters. The molecule has 82 valence electrons. The van der Waals surface area contributed by atoms with Crippen LogP contribution in [0.3, 0.4) is 0 Å². The van der Waals surface area contributed by atoms with Crippen LogP contribution in [-0.4, -0.2) is 10.8 Å². The number of anilines is 1. The molecule has 2 rings (SSSR count). The lowest BCUT2D eigenvalue weighted by atomic mass is 10.0. The molecule has 3 nitrogen and oxygen atoms in total. The number of nitrogens with zero attached hydrogens (tertiary/aromatic N) is 1. The number of nitrogens with two attached hydrogens (primary N) is 1. The Morgan fingerprint density at radius 3 is 2.88 bits per heavy atom. The van der Waals surface area contributed by atoms with Crippen LogP contribution in [0.2, 0.25) is 5.02 Å². The highest BCUT2D eigenvalue weighted by atomic mass is 35.5. The van der Waals surface area contributed by atoms with Crippen molar-refractivity contribution in [3.63, 3.8) is 0 Å². The van der Waals surface area contributed by atoms with Gasteiger partial charge in [-0.05, 0) is 18.6 Å². The number of fused-ring (bicyclic) bond motifs is 1. The lowest BCUT2D eigenvalue weighted by Gasteiger charge is -2.05. The Morgan fingerprint density at radius 2 is 2.19 bits per heavy atom. The average molecular weight is 235 g/mol. The van der Waals surface area contributed by atoms with Gasteiger partial charge in [-0.15, -0.1) is 0 Å². The molecule has 0 aliphatic rings. The van der Waals surface area contributed by atoms with E-state index < -0.39 is 0 Å². The SMILES string of the molecule is CC(=O)Cc1ccc2c(N)ncc(Cl)c2c1. The van der Waals surface area contributed by atoms with E-state index in [0.717, 1.165) is 16.3 Å². The van der Waals surface area contributed by atoms with E-state index >= 15 is 0 Å². The van der Waals surface area contributed by atoms with Crippen molar-refractivity contribution in [1.29, 1.82) is 0 Å². The number of nitrogen functional groups attached to an aromatic ring is 1. The second-order valence-electron chi connectivity index (χ2n) is 3.75. The fraction of sp³-hybridized carbons (Fsp3) is 0.167. The van der Waals surface area contributed by atoms with E-state index in [9.17, 15) is 4.79 Å². The second-order valence-corrected chi connectivity index (χ2v) is 4.16. The maximum absolute atomic E-state index is 11.0. The Labute approximate surface area is 98.2 Å². The molecular weight excluding hydrogens is 224 g/mol. The Balaban J connectivity index is 2.61. The molecule has 2 aromatic rings. The highest BCUT2D eigenvalue weighted by Crippen LogP contribution is 2.27. The number of aromatic nitrogens is 1. The Hall–Kier alpha value is -1.61. The first-order valence-corrected chi connectivity index (χ1v) is 5.28. The fourth-order valence-electron chi connectivity index (χ4n) is 1.68. The normalized spacial score (nSPS) is 10.6. The minimum Gasteiger partial charge on any atom is -0.383 e. The first-order chi connectivity index (χ1) is 7.58. The van der Waals surface area contributed by atoms with Crippen molar-refractivity contribution >= 4 is 34.0 Å². The van der Waals surface area contributed by atoms with Crippen LogP contribution in [0.1, 0.15) is 12.5 Å². The third-order valence-corrected chi connectivity index (χ3v) is 2.69. The molecule has 4 heteroatoms. The number of pyridine rings is 1. The number of ketones is 1. The lowest BCUT2D eigenvalue weighted by molar-refractivity contribution is -0.116. The van der Waals surface area contributed by atoms with Crippen molar-refractivity contribution in [1.82, 2.24) is 4.98 Å². The summed E-state index contributed by atoms with van der Waals surface area (Å²) in [5.41, 5.74) is 6.68. The molecule has 0 bridgehead atoms. The molecule has 0 saturated heterocycles. The van der Waals surface area contributed by atoms with Gasteiger partial charge in [0.15, 0.2) is 0 Å². The molecule has 0 saturated carbocycles. The summed E-state index contributed by atoms with van der Waals surface area (Å²) in [5.74, 6) is 0.575. The third kappa shape index (κ3) is 1.99. The van der Waals surface area contributed by atoms with E-state index in [2.05, 4.69) is 4.98 Å². The van der Waals surface area contributed by atoms with Gasteiger partial charge in [-0.3, -0.25) is 4.79 Å². The highest BCUT2D eigenvalue weighted by Gasteiger charge is 2.05. The van der Waals surface area contributed by atoms with Crippen LogP contribution in [0.25, 0.3) is 10.8 Å². The van der Waals surface area contributed by atoms with Gasteiger partial charge in [-0.25, -0.2) is 4.98 Å². The standard InChI is InChI=1S/C12H11ClN2O/c1-7(16)4-8-2-3-9-10(5-8)11(13)6-15-12(9)14/h2-3,5-6H,4H2,1H3,(H2,14,15). The van der Waals surface area contributed by atoms with Crippen LogP contribution in [0, 0.1) is 0 Å². The first-order valence-electron chi connectivity index (χ1n) is 4.90. The second kappa shape index (κ2) is 4.10. The van der Waals surface area contributed by atoms with Crippen LogP contribution >= 0.6 is 11.6 Å². The van der Waals surface area contributed by atoms with Crippen LogP contribution < -0.4 is 5.73 Å². The maximum atomic E-state index is 11.0. The van der Waals surface area contributed by atoms with Crippen LogP contribution in [0.4, 0.5) is 5.82 Å². The van der Waals surface area contributed by atoms with Crippen molar-refractivity contribution in [2.45, 2.75) is 13.3 Å². The van der Waals surface area contributed by atoms with Gasteiger partial charge in [-0.2, -0.15) is 0 Å². The predicted octanol–water partition coefficient (Wildman–Crippen LogP) is 2.60. The lowest BCUT2D eigenvalue weighted by Crippen LogP contribution is -1.97. The van der Waals surface area contributed by atoms with Gasteiger partial charge >= 0.3 is 0 Å². The van der Waals surface area contributed by atoms with Gasteiger partial charge in [0.25, 0.3) is 0 Å². The summed E-state index contributed by atoms with van der Waals surface area (Å²) in [7, 11) is 0. The number of Topliss-reactive ketones (excluding diaryl/α,β-unsaturated/α-hetero) is 1. The quantitative estimate of drug-likeness (QED) is 0.869. The van der Waals surface area contributed by atoms with E-state index in [0.29, 0.717) is 17.3 Å². The molecular formula is C12H11ClN2O. The summed E-state index contributed by atoms with van der Waals surface area (Å²) in [6.45, 7) is 1.56. The molecule has 16 heavy (non-hydrogen) atoms. The van der Waals surface area contributed by atoms with E-state index in [1.807, 2.05) is 18.2 Å². The first kappa shape index (κ1) is 10.9. The number of rotatable bonds is 2. The molecule has 0 aliphatic heterocycles. The predicted molar refractivity (Wildman–Crippen MR) is 65.6 cm³/mol. The Bertz CT molecular complexity index is 566. The van der Waals surface area contributed by atoms with Crippen molar-refractivity contribution in [2.75, 3.05) is 5.73 Å². The summed E-state index contributed by atoms with van der Waals surface area (Å²) >= 11 is 6.03. The average Bonchev–Trinajstić information content (AvgIpc) is 2.23. The summed E-state index contributed by atoms with van der Waals surface area (Å²) in [6.07, 6.45) is 1.94. The van der Waals surface area contributed by atoms with E-state index in [-0.39, 0.29) is 5.78 Å². The van der Waals surface area contributed by atoms with E-state index in [1.165, 1.54) is 6.20 Å². The zero-order chi connectivity index (χ0) is 11.7. The molecule has 0 aliphatic carbocycles. The van der Waals surface area contributed by atoms with Crippen molar-refractivity contribution in [3.8, 4) is 0 Å². The summed E-state index contributed by atoms with van der Waals surface area (Å²) in [6, 6.07) is 5.61. The number of benzene rings is 1. The number of hydrogen-bond donors (Lipinski definition) is 1. The summed E-state index contributed by atoms with van der Waals surface area (Å²) in [5, 5.41) is 2.21. The highest BCUT2D eigenvalue weighted by molar-refractivity contribution is 6.35. The van der Waals surface area contributed by atoms with Gasteiger partial charge in [0, 0.05) is 23.4 Å². The van der Waals surface area contributed by atoms with Crippen LogP contribution in [0.5, 0.6) is 0 Å². The molecule has 1 aromatic carbocycles.